The predicted octanol–water partition coefficient (Wildman–Crippen LogP) is 2.33. The first kappa shape index (κ1) is 14.5. The Morgan fingerprint density at radius 2 is 1.79 bits per heavy atom. The molecular formula is C15H15N3O. The zero-order valence-electron chi connectivity index (χ0n) is 11.1. The number of likely N-dealkylation sites (N-methyl/N-ethyl adjacent to an activating group) is 1. The number of hydrogen-bond donors (Lipinski definition) is 0. The van der Waals surface area contributed by atoms with Gasteiger partial charge in [-0.25, -0.2) is 0 Å². The molecule has 0 N–H and O–H groups in total. The fourth-order valence-electron chi connectivity index (χ4n) is 1.64. The van der Waals surface area contributed by atoms with Gasteiger partial charge in [0.2, 0.25) is 0 Å². The summed E-state index contributed by atoms with van der Waals surface area (Å²) in [6.45, 7) is 4.89. The summed E-state index contributed by atoms with van der Waals surface area (Å²) in [5.74, 6) is -0.267. The van der Waals surface area contributed by atoms with Crippen molar-refractivity contribution in [3.63, 3.8) is 0 Å². The topological polar surface area (TPSA) is 67.9 Å². The van der Waals surface area contributed by atoms with Crippen molar-refractivity contribution in [2.45, 2.75) is 13.8 Å². The van der Waals surface area contributed by atoms with Crippen LogP contribution in [0.4, 0.5) is 0 Å². The van der Waals surface area contributed by atoms with E-state index in [1.807, 2.05) is 26.0 Å². The lowest BCUT2D eigenvalue weighted by atomic mass is 10.1. The maximum Gasteiger partial charge on any atom is 0.264 e. The first-order valence-electron chi connectivity index (χ1n) is 6.07. The Morgan fingerprint density at radius 1 is 1.21 bits per heavy atom. The van der Waals surface area contributed by atoms with Crippen molar-refractivity contribution in [3.8, 4) is 12.1 Å². The second kappa shape index (κ2) is 6.98. The molecule has 4 nitrogen and oxygen atoms in total. The maximum atomic E-state index is 12.0. The molecule has 0 aliphatic carbocycles. The van der Waals surface area contributed by atoms with Crippen LogP contribution >= 0.6 is 0 Å². The number of nitriles is 2. The van der Waals surface area contributed by atoms with Crippen LogP contribution in [-0.2, 0) is 4.79 Å². The Labute approximate surface area is 113 Å². The van der Waals surface area contributed by atoms with Gasteiger partial charge in [-0.05, 0) is 37.6 Å². The van der Waals surface area contributed by atoms with Crippen LogP contribution in [0.25, 0.3) is 6.08 Å². The van der Waals surface area contributed by atoms with Gasteiger partial charge in [0, 0.05) is 13.1 Å². The SMILES string of the molecule is CCN(CC)C(=O)/C(C#N)=C/c1ccc(C#N)cc1. The van der Waals surface area contributed by atoms with E-state index in [9.17, 15) is 4.79 Å². The molecule has 0 saturated heterocycles. The summed E-state index contributed by atoms with van der Waals surface area (Å²) in [5.41, 5.74) is 1.38. The van der Waals surface area contributed by atoms with Crippen LogP contribution in [0.5, 0.6) is 0 Å². The zero-order chi connectivity index (χ0) is 14.3. The molecule has 1 aromatic rings. The highest BCUT2D eigenvalue weighted by Gasteiger charge is 2.14. The van der Waals surface area contributed by atoms with E-state index in [0.717, 1.165) is 5.56 Å². The Balaban J connectivity index is 3.02. The molecule has 0 radical (unpaired) electrons. The average Bonchev–Trinajstić information content (AvgIpc) is 2.46. The second-order valence-corrected chi connectivity index (χ2v) is 3.88. The molecule has 0 bridgehead atoms. The van der Waals surface area contributed by atoms with E-state index in [1.165, 1.54) is 0 Å². The molecule has 0 atom stereocenters. The minimum atomic E-state index is -0.267. The summed E-state index contributed by atoms with van der Waals surface area (Å²) in [5, 5.41) is 17.8. The number of benzene rings is 1. The molecule has 0 spiro atoms. The molecule has 19 heavy (non-hydrogen) atoms. The summed E-state index contributed by atoms with van der Waals surface area (Å²) in [6, 6.07) is 10.7. The number of amides is 1. The number of rotatable bonds is 4. The van der Waals surface area contributed by atoms with Crippen molar-refractivity contribution >= 4 is 12.0 Å². The predicted molar refractivity (Wildman–Crippen MR) is 72.7 cm³/mol. The number of nitrogens with zero attached hydrogens (tertiary/aromatic N) is 3. The highest BCUT2D eigenvalue weighted by Crippen LogP contribution is 2.10. The van der Waals surface area contributed by atoms with Gasteiger partial charge in [0.05, 0.1) is 11.6 Å². The van der Waals surface area contributed by atoms with Crippen molar-refractivity contribution in [2.24, 2.45) is 0 Å². The normalized spacial score (nSPS) is 10.4. The fraction of sp³-hybridized carbons (Fsp3) is 0.267. The van der Waals surface area contributed by atoms with Gasteiger partial charge in [-0.2, -0.15) is 10.5 Å². The van der Waals surface area contributed by atoms with Gasteiger partial charge in [-0.1, -0.05) is 12.1 Å². The number of hydrogen-bond acceptors (Lipinski definition) is 3. The van der Waals surface area contributed by atoms with Crippen LogP contribution in [0.15, 0.2) is 29.8 Å². The molecule has 0 heterocycles. The van der Waals surface area contributed by atoms with Crippen molar-refractivity contribution in [2.75, 3.05) is 13.1 Å². The van der Waals surface area contributed by atoms with E-state index in [0.29, 0.717) is 18.7 Å². The summed E-state index contributed by atoms with van der Waals surface area (Å²) >= 11 is 0. The van der Waals surface area contributed by atoms with Gasteiger partial charge in [0.1, 0.15) is 11.6 Å². The van der Waals surface area contributed by atoms with Crippen LogP contribution in [0.1, 0.15) is 25.0 Å². The Morgan fingerprint density at radius 3 is 2.21 bits per heavy atom. The first-order valence-corrected chi connectivity index (χ1v) is 6.07. The summed E-state index contributed by atoms with van der Waals surface area (Å²) in [6.07, 6.45) is 1.54. The van der Waals surface area contributed by atoms with Gasteiger partial charge in [-0.15, -0.1) is 0 Å². The maximum absolute atomic E-state index is 12.0. The molecule has 96 valence electrons. The van der Waals surface area contributed by atoms with Crippen LogP contribution < -0.4 is 0 Å². The monoisotopic (exact) mass is 253 g/mol. The third kappa shape index (κ3) is 3.69. The molecular weight excluding hydrogens is 238 g/mol. The lowest BCUT2D eigenvalue weighted by Gasteiger charge is -2.17. The van der Waals surface area contributed by atoms with Gasteiger partial charge in [0.15, 0.2) is 0 Å². The van der Waals surface area contributed by atoms with Crippen LogP contribution in [0.2, 0.25) is 0 Å². The molecule has 1 amide bonds. The molecule has 0 unspecified atom stereocenters. The molecule has 0 fully saturated rings. The molecule has 1 aromatic carbocycles. The minimum Gasteiger partial charge on any atom is -0.339 e. The van der Waals surface area contributed by atoms with E-state index in [4.69, 9.17) is 10.5 Å². The quantitative estimate of drug-likeness (QED) is 0.611. The smallest absolute Gasteiger partial charge is 0.264 e. The van der Waals surface area contributed by atoms with Crippen molar-refractivity contribution in [3.05, 3.63) is 41.0 Å². The molecule has 4 heteroatoms. The van der Waals surface area contributed by atoms with Crippen LogP contribution in [0.3, 0.4) is 0 Å². The van der Waals surface area contributed by atoms with Gasteiger partial charge in [-0.3, -0.25) is 4.79 Å². The van der Waals surface area contributed by atoms with Gasteiger partial charge in [0.25, 0.3) is 5.91 Å². The second-order valence-electron chi connectivity index (χ2n) is 3.88. The molecule has 0 aliphatic rings. The largest absolute Gasteiger partial charge is 0.339 e. The number of carbonyl (C=O) groups is 1. The fourth-order valence-corrected chi connectivity index (χ4v) is 1.64. The highest BCUT2D eigenvalue weighted by molar-refractivity contribution is 6.01. The van der Waals surface area contributed by atoms with Crippen molar-refractivity contribution < 1.29 is 4.79 Å². The van der Waals surface area contributed by atoms with E-state index in [-0.39, 0.29) is 11.5 Å². The van der Waals surface area contributed by atoms with Gasteiger partial charge >= 0.3 is 0 Å². The lowest BCUT2D eigenvalue weighted by molar-refractivity contribution is -0.126. The Bertz CT molecular complexity index is 555. The third-order valence-corrected chi connectivity index (χ3v) is 2.75. The van der Waals surface area contributed by atoms with Gasteiger partial charge < -0.3 is 4.90 Å². The number of carbonyl (C=O) groups excluding carboxylic acids is 1. The molecule has 1 rings (SSSR count). The molecule has 0 saturated carbocycles. The van der Waals surface area contributed by atoms with Crippen molar-refractivity contribution in [1.29, 1.82) is 10.5 Å². The first-order chi connectivity index (χ1) is 9.15. The van der Waals surface area contributed by atoms with Crippen LogP contribution in [0, 0.1) is 22.7 Å². The highest BCUT2D eigenvalue weighted by atomic mass is 16.2. The standard InChI is InChI=1S/C15H15N3O/c1-3-18(4-2)15(19)14(11-17)9-12-5-7-13(10-16)8-6-12/h5-9H,3-4H2,1-2H3/b14-9+. The molecule has 0 aliphatic heterocycles. The summed E-state index contributed by atoms with van der Waals surface area (Å²) in [7, 11) is 0. The summed E-state index contributed by atoms with van der Waals surface area (Å²) in [4.78, 5) is 13.6. The average molecular weight is 253 g/mol. The van der Waals surface area contributed by atoms with Crippen molar-refractivity contribution in [1.82, 2.24) is 4.90 Å². The minimum absolute atomic E-state index is 0.105. The lowest BCUT2D eigenvalue weighted by Crippen LogP contribution is -2.31. The van der Waals surface area contributed by atoms with E-state index >= 15 is 0 Å². The van der Waals surface area contributed by atoms with E-state index in [1.54, 1.807) is 35.2 Å². The van der Waals surface area contributed by atoms with Crippen LogP contribution in [-0.4, -0.2) is 23.9 Å². The Kier molecular flexibility index (Phi) is 5.32. The summed E-state index contributed by atoms with van der Waals surface area (Å²) < 4.78 is 0. The Hall–Kier alpha value is -2.59. The van der Waals surface area contributed by atoms with E-state index < -0.39 is 0 Å². The third-order valence-electron chi connectivity index (χ3n) is 2.75. The van der Waals surface area contributed by atoms with E-state index in [2.05, 4.69) is 0 Å². The molecule has 0 aromatic heterocycles. The zero-order valence-corrected chi connectivity index (χ0v) is 11.1.